The summed E-state index contributed by atoms with van der Waals surface area (Å²) in [4.78, 5) is 23.2. The molecule has 46 heavy (non-hydrogen) atoms. The molecule has 0 saturated carbocycles. The molecule has 0 amide bonds. The maximum Gasteiger partial charge on any atom is 0.306 e. The van der Waals surface area contributed by atoms with Gasteiger partial charge in [-0.3, -0.25) is 9.59 Å². The smallest absolute Gasteiger partial charge is 0.306 e. The van der Waals surface area contributed by atoms with Gasteiger partial charge < -0.3 is 9.84 Å². The van der Waals surface area contributed by atoms with Gasteiger partial charge >= 0.3 is 11.9 Å². The van der Waals surface area contributed by atoms with E-state index in [1.165, 1.54) is 57.8 Å². The zero-order valence-electron chi connectivity index (χ0n) is 29.9. The number of unbranched alkanes of at least 4 members (excludes halogenated alkanes) is 14. The van der Waals surface area contributed by atoms with Crippen LogP contribution in [0.15, 0.2) is 72.9 Å². The lowest BCUT2D eigenvalue weighted by atomic mass is 10.0. The minimum Gasteiger partial charge on any atom is -0.481 e. The first-order valence-electron chi connectivity index (χ1n) is 18.9. The summed E-state index contributed by atoms with van der Waals surface area (Å²) in [5, 5.41) is 8.79. The Kier molecular flexibility index (Phi) is 34.7. The Bertz CT molecular complexity index is 861. The molecule has 0 aliphatic carbocycles. The van der Waals surface area contributed by atoms with Crippen molar-refractivity contribution >= 4 is 11.9 Å². The molecule has 0 radical (unpaired) electrons. The number of esters is 1. The van der Waals surface area contributed by atoms with Crippen LogP contribution in [0.5, 0.6) is 0 Å². The fourth-order valence-corrected chi connectivity index (χ4v) is 5.13. The van der Waals surface area contributed by atoms with E-state index in [0.29, 0.717) is 12.8 Å². The van der Waals surface area contributed by atoms with Crippen molar-refractivity contribution in [1.29, 1.82) is 0 Å². The summed E-state index contributed by atoms with van der Waals surface area (Å²) < 4.78 is 5.82. The second kappa shape index (κ2) is 36.8. The Morgan fingerprint density at radius 1 is 0.522 bits per heavy atom. The monoisotopic (exact) mass is 639 g/mol. The van der Waals surface area contributed by atoms with Crippen LogP contribution in [0, 0.1) is 0 Å². The molecule has 4 heteroatoms. The quantitative estimate of drug-likeness (QED) is 0.0441. The van der Waals surface area contributed by atoms with Crippen molar-refractivity contribution in [3.05, 3.63) is 72.9 Å². The van der Waals surface area contributed by atoms with Crippen LogP contribution < -0.4 is 0 Å². The largest absolute Gasteiger partial charge is 0.481 e. The number of hydrogen-bond acceptors (Lipinski definition) is 3. The molecule has 0 aromatic carbocycles. The minimum atomic E-state index is -0.731. The normalized spacial score (nSPS) is 13.1. The third kappa shape index (κ3) is 35.9. The molecule has 0 heterocycles. The number of aliphatic carboxylic acids is 1. The molecule has 4 nitrogen and oxygen atoms in total. The number of allylic oxidation sites excluding steroid dienone is 11. The average molecular weight is 639 g/mol. The van der Waals surface area contributed by atoms with Gasteiger partial charge in [0, 0.05) is 12.8 Å². The van der Waals surface area contributed by atoms with Crippen molar-refractivity contribution < 1.29 is 19.4 Å². The number of ether oxygens (including phenoxy) is 1. The van der Waals surface area contributed by atoms with Crippen LogP contribution in [0.4, 0.5) is 0 Å². The number of carbonyl (C=O) groups excluding carboxylic acids is 1. The molecular formula is C42H70O4. The molecule has 0 rings (SSSR count). The van der Waals surface area contributed by atoms with Crippen LogP contribution in [-0.4, -0.2) is 23.1 Å². The van der Waals surface area contributed by atoms with Crippen LogP contribution >= 0.6 is 0 Å². The fraction of sp³-hybridized carbons (Fsp3) is 0.667. The van der Waals surface area contributed by atoms with Gasteiger partial charge in [-0.2, -0.15) is 0 Å². The van der Waals surface area contributed by atoms with E-state index in [9.17, 15) is 9.59 Å². The highest BCUT2D eigenvalue weighted by Gasteiger charge is 2.11. The summed E-state index contributed by atoms with van der Waals surface area (Å²) in [6.07, 6.45) is 52.3. The summed E-state index contributed by atoms with van der Waals surface area (Å²) in [6, 6.07) is 0. The van der Waals surface area contributed by atoms with Crippen LogP contribution in [0.2, 0.25) is 0 Å². The molecule has 1 N–H and O–H groups in total. The van der Waals surface area contributed by atoms with Gasteiger partial charge in [0.1, 0.15) is 6.10 Å². The first-order valence-corrected chi connectivity index (χ1v) is 18.9. The minimum absolute atomic E-state index is 0.0904. The standard InChI is InChI=1S/C42H70O4/c1-3-5-7-9-11-12-13-14-15-16-17-18-19-20-21-22-23-24-25-26-27-29-35-39-42(45)46-40(36-32-28-10-8-6-4-2)37-33-30-31-34-38-41(43)44/h5,7-8,10-12,14-15,17-18,32,36,40H,3-4,6,9,13,16,19-31,33-35,37-39H2,1-2H3,(H,43,44)/b7-5-,10-8-,12-11-,15-14-,18-17-,36-32-. The number of carbonyl (C=O) groups is 2. The van der Waals surface area contributed by atoms with E-state index >= 15 is 0 Å². The summed E-state index contributed by atoms with van der Waals surface area (Å²) in [5.74, 6) is -0.821. The topological polar surface area (TPSA) is 63.6 Å². The lowest BCUT2D eigenvalue weighted by Gasteiger charge is -2.14. The fourth-order valence-electron chi connectivity index (χ4n) is 5.13. The predicted octanol–water partition coefficient (Wildman–Crippen LogP) is 13.1. The highest BCUT2D eigenvalue weighted by atomic mass is 16.5. The molecule has 0 aliphatic rings. The maximum atomic E-state index is 12.5. The van der Waals surface area contributed by atoms with Gasteiger partial charge in [0.25, 0.3) is 0 Å². The van der Waals surface area contributed by atoms with E-state index in [2.05, 4.69) is 80.7 Å². The zero-order chi connectivity index (χ0) is 33.6. The van der Waals surface area contributed by atoms with Gasteiger partial charge in [0.05, 0.1) is 0 Å². The van der Waals surface area contributed by atoms with Crippen molar-refractivity contribution in [2.24, 2.45) is 0 Å². The molecule has 0 spiro atoms. The highest BCUT2D eigenvalue weighted by molar-refractivity contribution is 5.69. The van der Waals surface area contributed by atoms with E-state index in [4.69, 9.17) is 9.84 Å². The van der Waals surface area contributed by atoms with Crippen molar-refractivity contribution in [2.45, 2.75) is 180 Å². The molecule has 0 aromatic rings. The molecule has 1 unspecified atom stereocenters. The second-order valence-electron chi connectivity index (χ2n) is 12.4. The molecule has 262 valence electrons. The molecule has 0 aromatic heterocycles. The van der Waals surface area contributed by atoms with Crippen LogP contribution in [0.1, 0.15) is 174 Å². The molecular weight excluding hydrogens is 568 g/mol. The van der Waals surface area contributed by atoms with E-state index < -0.39 is 5.97 Å². The van der Waals surface area contributed by atoms with Gasteiger partial charge in [-0.1, -0.05) is 151 Å². The summed E-state index contributed by atoms with van der Waals surface area (Å²) in [5.41, 5.74) is 0. The third-order valence-electron chi connectivity index (χ3n) is 7.88. The Balaban J connectivity index is 3.83. The number of hydrogen-bond donors (Lipinski definition) is 1. The highest BCUT2D eigenvalue weighted by Crippen LogP contribution is 2.15. The molecule has 0 fully saturated rings. The summed E-state index contributed by atoms with van der Waals surface area (Å²) in [6.45, 7) is 4.34. The SMILES string of the molecule is CC/C=C\C/C=C\C/C=C\C/C=C\CCCCCCCCCCCCC(=O)OC(/C=C\C/C=C\CCC)CCCCCCC(=O)O. The molecule has 1 atom stereocenters. The van der Waals surface area contributed by atoms with Crippen molar-refractivity contribution in [2.75, 3.05) is 0 Å². The van der Waals surface area contributed by atoms with E-state index in [0.717, 1.165) is 83.5 Å². The average Bonchev–Trinajstić information content (AvgIpc) is 3.04. The van der Waals surface area contributed by atoms with Crippen LogP contribution in [-0.2, 0) is 14.3 Å². The van der Waals surface area contributed by atoms with Crippen molar-refractivity contribution in [1.82, 2.24) is 0 Å². The molecule has 0 saturated heterocycles. The van der Waals surface area contributed by atoms with Gasteiger partial charge in [0.2, 0.25) is 0 Å². The van der Waals surface area contributed by atoms with Crippen LogP contribution in [0.3, 0.4) is 0 Å². The maximum absolute atomic E-state index is 12.5. The van der Waals surface area contributed by atoms with Gasteiger partial charge in [-0.25, -0.2) is 0 Å². The Morgan fingerprint density at radius 3 is 1.54 bits per heavy atom. The summed E-state index contributed by atoms with van der Waals surface area (Å²) >= 11 is 0. The summed E-state index contributed by atoms with van der Waals surface area (Å²) in [7, 11) is 0. The Morgan fingerprint density at radius 2 is 0.978 bits per heavy atom. The van der Waals surface area contributed by atoms with Gasteiger partial charge in [-0.05, 0) is 83.1 Å². The number of carboxylic acids is 1. The third-order valence-corrected chi connectivity index (χ3v) is 7.88. The van der Waals surface area contributed by atoms with Crippen molar-refractivity contribution in [3.8, 4) is 0 Å². The number of rotatable bonds is 33. The van der Waals surface area contributed by atoms with E-state index in [1.807, 2.05) is 6.08 Å². The van der Waals surface area contributed by atoms with Gasteiger partial charge in [0.15, 0.2) is 0 Å². The predicted molar refractivity (Wildman–Crippen MR) is 199 cm³/mol. The Hall–Kier alpha value is -2.62. The lowest BCUT2D eigenvalue weighted by Crippen LogP contribution is -2.16. The second-order valence-corrected chi connectivity index (χ2v) is 12.4. The molecule has 0 bridgehead atoms. The first-order chi connectivity index (χ1) is 22.6. The van der Waals surface area contributed by atoms with Crippen molar-refractivity contribution in [3.63, 3.8) is 0 Å². The zero-order valence-corrected chi connectivity index (χ0v) is 29.9. The lowest BCUT2D eigenvalue weighted by molar-refractivity contribution is -0.147. The van der Waals surface area contributed by atoms with Gasteiger partial charge in [-0.15, -0.1) is 0 Å². The van der Waals surface area contributed by atoms with Crippen LogP contribution in [0.25, 0.3) is 0 Å². The first kappa shape index (κ1) is 43.4. The molecule has 0 aliphatic heterocycles. The van der Waals surface area contributed by atoms with E-state index in [1.54, 1.807) is 0 Å². The number of carboxylic acid groups (broad SMARTS) is 1. The van der Waals surface area contributed by atoms with E-state index in [-0.39, 0.29) is 18.5 Å². The Labute approximate surface area is 284 Å².